The first-order valence-electron chi connectivity index (χ1n) is 9.32. The minimum atomic E-state index is 0.0772. The van der Waals surface area contributed by atoms with Gasteiger partial charge in [0.1, 0.15) is 0 Å². The average molecular weight is 352 g/mol. The highest BCUT2D eigenvalue weighted by molar-refractivity contribution is 5.94. The van der Waals surface area contributed by atoms with E-state index in [1.165, 1.54) is 0 Å². The number of carbonyl (C=O) groups excluding carboxylic acids is 2. The third kappa shape index (κ3) is 3.49. The Bertz CT molecular complexity index is 759. The lowest BCUT2D eigenvalue weighted by atomic mass is 9.94. The van der Waals surface area contributed by atoms with E-state index in [1.807, 2.05) is 52.4 Å². The number of aryl methyl sites for hydroxylation is 1. The maximum absolute atomic E-state index is 12.8. The van der Waals surface area contributed by atoms with Gasteiger partial charge in [-0.1, -0.05) is 18.2 Å². The van der Waals surface area contributed by atoms with E-state index in [-0.39, 0.29) is 17.9 Å². The summed E-state index contributed by atoms with van der Waals surface area (Å²) in [4.78, 5) is 29.6. The van der Waals surface area contributed by atoms with Crippen molar-refractivity contribution < 1.29 is 9.59 Å². The van der Waals surface area contributed by atoms with Crippen molar-refractivity contribution in [3.05, 3.63) is 54.4 Å². The molecular formula is C20H24N4O2. The van der Waals surface area contributed by atoms with Gasteiger partial charge in [-0.2, -0.15) is 5.10 Å². The molecule has 1 aromatic carbocycles. The molecule has 0 N–H and O–H groups in total. The van der Waals surface area contributed by atoms with Crippen molar-refractivity contribution in [2.75, 3.05) is 19.6 Å². The third-order valence-electron chi connectivity index (χ3n) is 5.46. The standard InChI is InChI=1S/C20H24N4O2/c25-19(9-12-23-11-4-10-21-23)24-14-16-7-8-18(24)15-22(13-16)20(26)17-5-2-1-3-6-17/h1-6,10-11,16,18H,7-9,12-15H2/t16-,18+/m1/s1. The fraction of sp³-hybridized carbons (Fsp3) is 0.450. The second-order valence-corrected chi connectivity index (χ2v) is 7.24. The van der Waals surface area contributed by atoms with Gasteiger partial charge in [0.05, 0.1) is 0 Å². The molecule has 0 unspecified atom stereocenters. The predicted octanol–water partition coefficient (Wildman–Crippen LogP) is 2.04. The number of hydrogen-bond acceptors (Lipinski definition) is 3. The maximum Gasteiger partial charge on any atom is 0.253 e. The van der Waals surface area contributed by atoms with Crippen LogP contribution in [0.2, 0.25) is 0 Å². The molecule has 0 saturated carbocycles. The number of fused-ring (bicyclic) bond motifs is 4. The van der Waals surface area contributed by atoms with Crippen molar-refractivity contribution in [3.8, 4) is 0 Å². The monoisotopic (exact) mass is 352 g/mol. The van der Waals surface area contributed by atoms with Gasteiger partial charge in [0.2, 0.25) is 5.91 Å². The van der Waals surface area contributed by atoms with Crippen LogP contribution >= 0.6 is 0 Å². The van der Waals surface area contributed by atoms with Crippen molar-refractivity contribution in [1.29, 1.82) is 0 Å². The zero-order valence-electron chi connectivity index (χ0n) is 14.8. The molecule has 6 heteroatoms. The molecule has 3 aliphatic heterocycles. The molecule has 0 spiro atoms. The smallest absolute Gasteiger partial charge is 0.253 e. The van der Waals surface area contributed by atoms with E-state index in [0.29, 0.717) is 25.4 Å². The first kappa shape index (κ1) is 16.8. The summed E-state index contributed by atoms with van der Waals surface area (Å²) in [6, 6.07) is 11.4. The second kappa shape index (κ2) is 7.32. The second-order valence-electron chi connectivity index (χ2n) is 7.24. The normalized spacial score (nSPS) is 22.3. The van der Waals surface area contributed by atoms with Crippen LogP contribution in [-0.2, 0) is 11.3 Å². The Kier molecular flexibility index (Phi) is 4.73. The van der Waals surface area contributed by atoms with Gasteiger partial charge < -0.3 is 9.80 Å². The van der Waals surface area contributed by atoms with Crippen molar-refractivity contribution in [2.45, 2.75) is 31.8 Å². The highest BCUT2D eigenvalue weighted by atomic mass is 16.2. The first-order chi connectivity index (χ1) is 12.7. The van der Waals surface area contributed by atoms with Crippen LogP contribution in [0.5, 0.6) is 0 Å². The molecule has 2 atom stereocenters. The Morgan fingerprint density at radius 3 is 2.65 bits per heavy atom. The van der Waals surface area contributed by atoms with Crippen LogP contribution in [0.15, 0.2) is 48.8 Å². The van der Waals surface area contributed by atoms with Crippen molar-refractivity contribution in [1.82, 2.24) is 19.6 Å². The van der Waals surface area contributed by atoms with E-state index in [1.54, 1.807) is 10.9 Å². The van der Waals surface area contributed by atoms with Crippen LogP contribution in [0.4, 0.5) is 0 Å². The van der Waals surface area contributed by atoms with E-state index < -0.39 is 0 Å². The molecule has 26 heavy (non-hydrogen) atoms. The minimum absolute atomic E-state index is 0.0772. The van der Waals surface area contributed by atoms with Crippen LogP contribution < -0.4 is 0 Å². The molecule has 3 aliphatic rings. The molecule has 2 aromatic rings. The molecule has 136 valence electrons. The molecule has 0 aliphatic carbocycles. The summed E-state index contributed by atoms with van der Waals surface area (Å²) >= 11 is 0. The molecule has 3 fully saturated rings. The third-order valence-corrected chi connectivity index (χ3v) is 5.46. The van der Waals surface area contributed by atoms with E-state index in [0.717, 1.165) is 31.5 Å². The molecule has 2 bridgehead atoms. The number of benzene rings is 1. The Morgan fingerprint density at radius 2 is 1.88 bits per heavy atom. The Hall–Kier alpha value is -2.63. The van der Waals surface area contributed by atoms with E-state index in [9.17, 15) is 9.59 Å². The number of piperidine rings is 1. The topological polar surface area (TPSA) is 58.4 Å². The van der Waals surface area contributed by atoms with Gasteiger partial charge in [-0.05, 0) is 37.0 Å². The number of aromatic nitrogens is 2. The Balaban J connectivity index is 1.43. The molecule has 0 radical (unpaired) electrons. The lowest BCUT2D eigenvalue weighted by Crippen LogP contribution is -2.47. The largest absolute Gasteiger partial charge is 0.338 e. The first-order valence-corrected chi connectivity index (χ1v) is 9.32. The molecule has 2 amide bonds. The van der Waals surface area contributed by atoms with Crippen molar-refractivity contribution in [3.63, 3.8) is 0 Å². The average Bonchev–Trinajstić information content (AvgIpc) is 3.04. The van der Waals surface area contributed by atoms with Crippen molar-refractivity contribution in [2.24, 2.45) is 5.92 Å². The van der Waals surface area contributed by atoms with Crippen LogP contribution in [0.1, 0.15) is 29.6 Å². The summed E-state index contributed by atoms with van der Waals surface area (Å²) < 4.78 is 1.79. The minimum Gasteiger partial charge on any atom is -0.338 e. The number of nitrogens with zero attached hydrogens (tertiary/aromatic N) is 4. The lowest BCUT2D eigenvalue weighted by Gasteiger charge is -2.36. The summed E-state index contributed by atoms with van der Waals surface area (Å²) in [6.45, 7) is 2.75. The van der Waals surface area contributed by atoms with Gasteiger partial charge >= 0.3 is 0 Å². The van der Waals surface area contributed by atoms with Crippen LogP contribution in [0.25, 0.3) is 0 Å². The van der Waals surface area contributed by atoms with E-state index in [2.05, 4.69) is 5.10 Å². The van der Waals surface area contributed by atoms with Gasteiger partial charge in [0, 0.05) is 56.6 Å². The number of carbonyl (C=O) groups is 2. The molecule has 3 saturated heterocycles. The van der Waals surface area contributed by atoms with E-state index >= 15 is 0 Å². The zero-order valence-corrected chi connectivity index (χ0v) is 14.8. The van der Waals surface area contributed by atoms with Crippen LogP contribution in [0, 0.1) is 5.92 Å². The Labute approximate surface area is 153 Å². The fourth-order valence-corrected chi connectivity index (χ4v) is 4.10. The summed E-state index contributed by atoms with van der Waals surface area (Å²) in [5, 5.41) is 4.16. The van der Waals surface area contributed by atoms with Crippen LogP contribution in [0.3, 0.4) is 0 Å². The maximum atomic E-state index is 12.8. The number of hydrogen-bond donors (Lipinski definition) is 0. The van der Waals surface area contributed by atoms with Crippen LogP contribution in [-0.4, -0.2) is 57.1 Å². The van der Waals surface area contributed by atoms with E-state index in [4.69, 9.17) is 0 Å². The van der Waals surface area contributed by atoms with Gasteiger partial charge in [-0.15, -0.1) is 0 Å². The quantitative estimate of drug-likeness (QED) is 0.846. The predicted molar refractivity (Wildman–Crippen MR) is 97.4 cm³/mol. The van der Waals surface area contributed by atoms with Crippen molar-refractivity contribution >= 4 is 11.8 Å². The molecular weight excluding hydrogens is 328 g/mol. The molecule has 4 heterocycles. The van der Waals surface area contributed by atoms with Gasteiger partial charge in [-0.25, -0.2) is 0 Å². The Morgan fingerprint density at radius 1 is 1.04 bits per heavy atom. The van der Waals surface area contributed by atoms with Gasteiger partial charge in [0.25, 0.3) is 5.91 Å². The summed E-state index contributed by atoms with van der Waals surface area (Å²) in [5.41, 5.74) is 0.727. The summed E-state index contributed by atoms with van der Waals surface area (Å²) in [6.07, 6.45) is 6.13. The highest BCUT2D eigenvalue weighted by Crippen LogP contribution is 2.29. The number of rotatable bonds is 4. The molecule has 6 nitrogen and oxygen atoms in total. The zero-order chi connectivity index (χ0) is 17.9. The molecule has 5 rings (SSSR count). The van der Waals surface area contributed by atoms with Gasteiger partial charge in [-0.3, -0.25) is 14.3 Å². The number of amides is 2. The molecule has 1 aromatic heterocycles. The SMILES string of the molecule is O=C(c1ccccc1)N1C[C@H]2CC[C@@H](C1)N(C(=O)CCn1cccn1)C2. The fourth-order valence-electron chi connectivity index (χ4n) is 4.10. The lowest BCUT2D eigenvalue weighted by molar-refractivity contribution is -0.135. The highest BCUT2D eigenvalue weighted by Gasteiger charge is 2.38. The summed E-state index contributed by atoms with van der Waals surface area (Å²) in [5.74, 6) is 0.618. The van der Waals surface area contributed by atoms with Gasteiger partial charge in [0.15, 0.2) is 0 Å². The summed E-state index contributed by atoms with van der Waals surface area (Å²) in [7, 11) is 0.